The Morgan fingerprint density at radius 2 is 1.69 bits per heavy atom. The Balaban J connectivity index is 1.63. The molecule has 0 saturated heterocycles. The van der Waals surface area contributed by atoms with Crippen LogP contribution in [-0.4, -0.2) is 17.0 Å². The second-order valence-electron chi connectivity index (χ2n) is 5.69. The largest absolute Gasteiger partial charge is 0.485 e. The van der Waals surface area contributed by atoms with Crippen molar-refractivity contribution in [2.45, 2.75) is 19.6 Å². The van der Waals surface area contributed by atoms with Crippen LogP contribution >= 0.6 is 0 Å². The van der Waals surface area contributed by atoms with Crippen LogP contribution in [0.5, 0.6) is 11.5 Å². The number of hydrogen-bond donors (Lipinski definition) is 1. The van der Waals surface area contributed by atoms with Gasteiger partial charge in [0.15, 0.2) is 17.7 Å². The molecule has 26 heavy (non-hydrogen) atoms. The van der Waals surface area contributed by atoms with Crippen LogP contribution in [0.3, 0.4) is 0 Å². The predicted molar refractivity (Wildman–Crippen MR) is 100 cm³/mol. The molecule has 1 heterocycles. The number of hydrogen-bond acceptors (Lipinski definition) is 4. The number of nitrogens with zero attached hydrogens (tertiary/aromatic N) is 1. The predicted octanol–water partition coefficient (Wildman–Crippen LogP) is 4.07. The highest BCUT2D eigenvalue weighted by Crippen LogP contribution is 2.22. The van der Waals surface area contributed by atoms with E-state index >= 15 is 0 Å². The maximum atomic E-state index is 12.4. The SMILES string of the molecule is C[C@H](Oc1ccccc1)C(=O)Nc1ncccc1OCc1ccccc1. The van der Waals surface area contributed by atoms with E-state index in [1.165, 1.54) is 0 Å². The van der Waals surface area contributed by atoms with Crippen LogP contribution in [0, 0.1) is 0 Å². The summed E-state index contributed by atoms with van der Waals surface area (Å²) in [7, 11) is 0. The van der Waals surface area contributed by atoms with Gasteiger partial charge >= 0.3 is 0 Å². The Morgan fingerprint density at radius 3 is 2.42 bits per heavy atom. The third-order valence-electron chi connectivity index (χ3n) is 3.67. The van der Waals surface area contributed by atoms with Gasteiger partial charge in [-0.15, -0.1) is 0 Å². The van der Waals surface area contributed by atoms with Crippen molar-refractivity contribution in [3.8, 4) is 11.5 Å². The summed E-state index contributed by atoms with van der Waals surface area (Å²) in [6.45, 7) is 2.08. The molecule has 0 spiro atoms. The van der Waals surface area contributed by atoms with E-state index < -0.39 is 6.10 Å². The summed E-state index contributed by atoms with van der Waals surface area (Å²) >= 11 is 0. The van der Waals surface area contributed by atoms with Crippen LogP contribution < -0.4 is 14.8 Å². The Morgan fingerprint density at radius 1 is 1.00 bits per heavy atom. The number of para-hydroxylation sites is 1. The summed E-state index contributed by atoms with van der Waals surface area (Å²) in [5, 5.41) is 2.77. The number of anilines is 1. The van der Waals surface area contributed by atoms with Gasteiger partial charge in [-0.25, -0.2) is 4.98 Å². The van der Waals surface area contributed by atoms with Crippen LogP contribution in [0.1, 0.15) is 12.5 Å². The molecule has 2 aromatic carbocycles. The number of rotatable bonds is 7. The highest BCUT2D eigenvalue weighted by molar-refractivity contribution is 5.94. The lowest BCUT2D eigenvalue weighted by atomic mass is 10.2. The fourth-order valence-electron chi connectivity index (χ4n) is 2.31. The second kappa shape index (κ2) is 8.67. The van der Waals surface area contributed by atoms with E-state index in [0.29, 0.717) is 23.9 Å². The molecule has 0 saturated carbocycles. The van der Waals surface area contributed by atoms with Crippen LogP contribution in [-0.2, 0) is 11.4 Å². The zero-order valence-corrected chi connectivity index (χ0v) is 14.5. The van der Waals surface area contributed by atoms with Gasteiger partial charge in [-0.2, -0.15) is 0 Å². The monoisotopic (exact) mass is 348 g/mol. The Hall–Kier alpha value is -3.34. The Labute approximate surface area is 152 Å². The minimum absolute atomic E-state index is 0.294. The van der Waals surface area contributed by atoms with Gasteiger partial charge < -0.3 is 14.8 Å². The average Bonchev–Trinajstić information content (AvgIpc) is 2.69. The molecule has 0 bridgehead atoms. The van der Waals surface area contributed by atoms with E-state index in [9.17, 15) is 4.79 Å². The van der Waals surface area contributed by atoms with Gasteiger partial charge in [0.25, 0.3) is 5.91 Å². The smallest absolute Gasteiger partial charge is 0.266 e. The molecule has 0 aliphatic rings. The molecule has 132 valence electrons. The Bertz CT molecular complexity index is 838. The van der Waals surface area contributed by atoms with Crippen LogP contribution in [0.2, 0.25) is 0 Å². The standard InChI is InChI=1S/C21H20N2O3/c1-16(26-18-11-6-3-7-12-18)21(24)23-20-19(13-8-14-22-20)25-15-17-9-4-2-5-10-17/h2-14,16H,15H2,1H3,(H,22,23,24)/t16-/m0/s1. The maximum Gasteiger partial charge on any atom is 0.266 e. The normalized spacial score (nSPS) is 11.4. The molecule has 5 nitrogen and oxygen atoms in total. The van der Waals surface area contributed by atoms with Crippen molar-refractivity contribution in [2.75, 3.05) is 5.32 Å². The maximum absolute atomic E-state index is 12.4. The van der Waals surface area contributed by atoms with E-state index in [2.05, 4.69) is 10.3 Å². The van der Waals surface area contributed by atoms with Crippen molar-refractivity contribution >= 4 is 11.7 Å². The summed E-state index contributed by atoms with van der Waals surface area (Å²) in [6.07, 6.45) is 0.939. The molecule has 1 amide bonds. The zero-order valence-electron chi connectivity index (χ0n) is 14.5. The summed E-state index contributed by atoms with van der Waals surface area (Å²) in [6, 6.07) is 22.6. The van der Waals surface area contributed by atoms with Crippen molar-refractivity contribution in [3.05, 3.63) is 84.6 Å². The summed E-state index contributed by atoms with van der Waals surface area (Å²) < 4.78 is 11.4. The molecular formula is C21H20N2O3. The first-order valence-electron chi connectivity index (χ1n) is 8.36. The highest BCUT2D eigenvalue weighted by Gasteiger charge is 2.17. The topological polar surface area (TPSA) is 60.5 Å². The van der Waals surface area contributed by atoms with Crippen LogP contribution in [0.4, 0.5) is 5.82 Å². The van der Waals surface area contributed by atoms with E-state index in [1.807, 2.05) is 48.5 Å². The minimum atomic E-state index is -0.665. The summed E-state index contributed by atoms with van der Waals surface area (Å²) in [4.78, 5) is 16.6. The molecular weight excluding hydrogens is 328 g/mol. The van der Waals surface area contributed by atoms with Crippen molar-refractivity contribution in [1.29, 1.82) is 0 Å². The van der Waals surface area contributed by atoms with E-state index in [4.69, 9.17) is 9.47 Å². The molecule has 1 aromatic heterocycles. The number of amides is 1. The highest BCUT2D eigenvalue weighted by atomic mass is 16.5. The van der Waals surface area contributed by atoms with Gasteiger partial charge in [-0.3, -0.25) is 4.79 Å². The first kappa shape index (κ1) is 17.5. The number of carbonyl (C=O) groups is 1. The van der Waals surface area contributed by atoms with Crippen LogP contribution in [0.15, 0.2) is 79.0 Å². The fraction of sp³-hybridized carbons (Fsp3) is 0.143. The van der Waals surface area contributed by atoms with Crippen molar-refractivity contribution in [3.63, 3.8) is 0 Å². The molecule has 5 heteroatoms. The lowest BCUT2D eigenvalue weighted by molar-refractivity contribution is -0.122. The second-order valence-corrected chi connectivity index (χ2v) is 5.69. The number of pyridine rings is 1. The fourth-order valence-corrected chi connectivity index (χ4v) is 2.31. The Kier molecular flexibility index (Phi) is 5.83. The molecule has 0 aliphatic heterocycles. The number of aromatic nitrogens is 1. The summed E-state index contributed by atoms with van der Waals surface area (Å²) in [5.41, 5.74) is 1.04. The lowest BCUT2D eigenvalue weighted by Crippen LogP contribution is -2.30. The quantitative estimate of drug-likeness (QED) is 0.699. The van der Waals surface area contributed by atoms with Crippen molar-refractivity contribution in [2.24, 2.45) is 0 Å². The van der Waals surface area contributed by atoms with Gasteiger partial charge in [-0.1, -0.05) is 48.5 Å². The molecule has 0 aliphatic carbocycles. The molecule has 1 atom stereocenters. The lowest BCUT2D eigenvalue weighted by Gasteiger charge is -2.16. The third kappa shape index (κ3) is 4.83. The van der Waals surface area contributed by atoms with Crippen molar-refractivity contribution < 1.29 is 14.3 Å². The number of nitrogens with one attached hydrogen (secondary N) is 1. The van der Waals surface area contributed by atoms with E-state index in [-0.39, 0.29) is 5.91 Å². The average molecular weight is 348 g/mol. The van der Waals surface area contributed by atoms with Gasteiger partial charge in [0.2, 0.25) is 0 Å². The van der Waals surface area contributed by atoms with Gasteiger partial charge in [-0.05, 0) is 36.8 Å². The third-order valence-corrected chi connectivity index (χ3v) is 3.67. The van der Waals surface area contributed by atoms with E-state index in [1.54, 1.807) is 37.4 Å². The van der Waals surface area contributed by atoms with E-state index in [0.717, 1.165) is 5.56 Å². The zero-order chi connectivity index (χ0) is 18.2. The first-order valence-corrected chi connectivity index (χ1v) is 8.36. The number of carbonyl (C=O) groups excluding carboxylic acids is 1. The number of ether oxygens (including phenoxy) is 2. The van der Waals surface area contributed by atoms with Crippen molar-refractivity contribution in [1.82, 2.24) is 4.98 Å². The molecule has 0 unspecified atom stereocenters. The van der Waals surface area contributed by atoms with Gasteiger partial charge in [0.1, 0.15) is 12.4 Å². The first-order chi connectivity index (χ1) is 12.7. The van der Waals surface area contributed by atoms with Gasteiger partial charge in [0.05, 0.1) is 0 Å². The molecule has 3 aromatic rings. The number of benzene rings is 2. The molecule has 3 rings (SSSR count). The van der Waals surface area contributed by atoms with Crippen LogP contribution in [0.25, 0.3) is 0 Å². The molecule has 0 fully saturated rings. The minimum Gasteiger partial charge on any atom is -0.485 e. The summed E-state index contributed by atoms with van der Waals surface area (Å²) in [5.74, 6) is 1.22. The van der Waals surface area contributed by atoms with Gasteiger partial charge in [0, 0.05) is 6.20 Å². The molecule has 1 N–H and O–H groups in total. The molecule has 0 radical (unpaired) electrons.